The number of hydrogen-bond donors (Lipinski definition) is 1. The van der Waals surface area contributed by atoms with Crippen molar-refractivity contribution in [3.63, 3.8) is 0 Å². The average molecular weight is 466 g/mol. The Labute approximate surface area is 189 Å². The van der Waals surface area contributed by atoms with Crippen LogP contribution in [-0.4, -0.2) is 55.6 Å². The number of aromatic nitrogens is 3. The van der Waals surface area contributed by atoms with Crippen LogP contribution in [0.15, 0.2) is 30.3 Å². The Hall–Kier alpha value is -3.18. The van der Waals surface area contributed by atoms with E-state index in [0.717, 1.165) is 6.07 Å². The molecule has 0 aliphatic heterocycles. The molecule has 11 heteroatoms. The topological polar surface area (TPSA) is 87.6 Å². The largest absolute Gasteiger partial charge is 0.493 e. The summed E-state index contributed by atoms with van der Waals surface area (Å²) in [4.78, 5) is 12.5. The minimum absolute atomic E-state index is 0.0467. The van der Waals surface area contributed by atoms with Gasteiger partial charge in [-0.3, -0.25) is 0 Å². The first-order chi connectivity index (χ1) is 15.8. The van der Waals surface area contributed by atoms with E-state index in [4.69, 9.17) is 18.9 Å². The Morgan fingerprint density at radius 3 is 2.45 bits per heavy atom. The van der Waals surface area contributed by atoms with Gasteiger partial charge in [0.2, 0.25) is 0 Å². The Bertz CT molecular complexity index is 1080. The Morgan fingerprint density at radius 2 is 1.73 bits per heavy atom. The number of anilines is 1. The molecule has 0 radical (unpaired) electrons. The zero-order chi connectivity index (χ0) is 23.8. The van der Waals surface area contributed by atoms with Crippen LogP contribution in [0.5, 0.6) is 11.5 Å². The van der Waals surface area contributed by atoms with E-state index in [2.05, 4.69) is 20.3 Å². The number of nitrogens with one attached hydrogen (secondary N) is 1. The minimum Gasteiger partial charge on any atom is -0.493 e. The molecule has 0 spiro atoms. The third-order valence-electron chi connectivity index (χ3n) is 4.54. The van der Waals surface area contributed by atoms with Gasteiger partial charge in [0.1, 0.15) is 23.9 Å². The fraction of sp³-hybridized carbons (Fsp3) is 0.409. The maximum atomic E-state index is 13.0. The van der Waals surface area contributed by atoms with Gasteiger partial charge >= 0.3 is 6.18 Å². The molecule has 3 rings (SSSR count). The van der Waals surface area contributed by atoms with Crippen LogP contribution < -0.4 is 14.8 Å². The number of aryl methyl sites for hydroxylation is 1. The number of pyridine rings is 1. The van der Waals surface area contributed by atoms with Crippen molar-refractivity contribution in [2.45, 2.75) is 19.6 Å². The molecule has 2 heterocycles. The minimum atomic E-state index is -4.51. The van der Waals surface area contributed by atoms with Crippen LogP contribution >= 0.6 is 0 Å². The van der Waals surface area contributed by atoms with E-state index in [0.29, 0.717) is 53.9 Å². The maximum absolute atomic E-state index is 13.0. The van der Waals surface area contributed by atoms with Crippen molar-refractivity contribution >= 4 is 16.7 Å². The average Bonchev–Trinajstić information content (AvgIpc) is 2.79. The molecule has 0 aliphatic carbocycles. The molecule has 178 valence electrons. The number of hydrogen-bond acceptors (Lipinski definition) is 8. The molecule has 0 amide bonds. The summed E-state index contributed by atoms with van der Waals surface area (Å²) < 4.78 is 60.4. The summed E-state index contributed by atoms with van der Waals surface area (Å²) in [6, 6.07) is 7.22. The fourth-order valence-corrected chi connectivity index (χ4v) is 3.02. The van der Waals surface area contributed by atoms with Gasteiger partial charge in [-0.05, 0) is 25.1 Å². The van der Waals surface area contributed by atoms with Crippen molar-refractivity contribution in [3.05, 3.63) is 47.5 Å². The number of benzene rings is 1. The molecule has 0 aliphatic rings. The van der Waals surface area contributed by atoms with Crippen LogP contribution in [0, 0.1) is 6.92 Å². The smallest absolute Gasteiger partial charge is 0.433 e. The van der Waals surface area contributed by atoms with Gasteiger partial charge in [-0.1, -0.05) is 6.07 Å². The molecule has 8 nitrogen and oxygen atoms in total. The molecule has 0 atom stereocenters. The van der Waals surface area contributed by atoms with Crippen LogP contribution in [0.25, 0.3) is 10.9 Å². The fourth-order valence-electron chi connectivity index (χ4n) is 3.02. The van der Waals surface area contributed by atoms with Crippen LogP contribution in [0.1, 0.15) is 17.2 Å². The van der Waals surface area contributed by atoms with Gasteiger partial charge in [-0.15, -0.1) is 0 Å². The van der Waals surface area contributed by atoms with Gasteiger partial charge in [0.25, 0.3) is 0 Å². The summed E-state index contributed by atoms with van der Waals surface area (Å²) in [6.07, 6.45) is -4.51. The molecular weight excluding hydrogens is 441 g/mol. The van der Waals surface area contributed by atoms with Crippen molar-refractivity contribution in [1.82, 2.24) is 15.0 Å². The zero-order valence-electron chi connectivity index (χ0n) is 18.5. The van der Waals surface area contributed by atoms with Gasteiger partial charge in [0.05, 0.1) is 44.7 Å². The Balaban J connectivity index is 1.81. The van der Waals surface area contributed by atoms with E-state index in [1.165, 1.54) is 19.2 Å². The van der Waals surface area contributed by atoms with Crippen molar-refractivity contribution in [1.29, 1.82) is 0 Å². The quantitative estimate of drug-likeness (QED) is 0.424. The van der Waals surface area contributed by atoms with Gasteiger partial charge in [-0.2, -0.15) is 13.2 Å². The van der Waals surface area contributed by atoms with Crippen molar-refractivity contribution in [2.24, 2.45) is 0 Å². The lowest BCUT2D eigenvalue weighted by atomic mass is 10.2. The second kappa shape index (κ2) is 11.1. The highest BCUT2D eigenvalue weighted by Gasteiger charge is 2.32. The summed E-state index contributed by atoms with van der Waals surface area (Å²) >= 11 is 0. The predicted molar refractivity (Wildman–Crippen MR) is 116 cm³/mol. The summed E-state index contributed by atoms with van der Waals surface area (Å²) in [7, 11) is 3.12. The summed E-state index contributed by atoms with van der Waals surface area (Å²) in [5, 5.41) is 3.69. The second-order valence-electron chi connectivity index (χ2n) is 6.96. The van der Waals surface area contributed by atoms with Crippen LogP contribution in [0.2, 0.25) is 0 Å². The lowest BCUT2D eigenvalue weighted by molar-refractivity contribution is -0.141. The molecule has 0 fully saturated rings. The molecular formula is C22H25F3N4O4. The van der Waals surface area contributed by atoms with E-state index in [9.17, 15) is 13.2 Å². The molecule has 0 unspecified atom stereocenters. The normalized spacial score (nSPS) is 11.6. The van der Waals surface area contributed by atoms with Gasteiger partial charge in [0.15, 0.2) is 11.5 Å². The standard InChI is InChI=1S/C22H25F3N4O4/c1-14-27-17-12-18(31-3)19(33-10-9-32-8-7-30-2)11-16(17)21(28-14)26-13-15-5-4-6-20(29-15)22(23,24)25/h4-6,11-12H,7-10,13H2,1-3H3,(H,26,27,28). The van der Waals surface area contributed by atoms with Crippen LogP contribution in [-0.2, 0) is 22.2 Å². The Morgan fingerprint density at radius 1 is 0.939 bits per heavy atom. The summed E-state index contributed by atoms with van der Waals surface area (Å²) in [5.74, 6) is 1.89. The number of alkyl halides is 3. The number of nitrogens with zero attached hydrogens (tertiary/aromatic N) is 3. The second-order valence-corrected chi connectivity index (χ2v) is 6.96. The van der Waals surface area contributed by atoms with E-state index in [1.54, 1.807) is 26.2 Å². The van der Waals surface area contributed by atoms with E-state index < -0.39 is 11.9 Å². The lowest BCUT2D eigenvalue weighted by Crippen LogP contribution is -2.12. The molecule has 33 heavy (non-hydrogen) atoms. The lowest BCUT2D eigenvalue weighted by Gasteiger charge is -2.15. The number of methoxy groups -OCH3 is 2. The van der Waals surface area contributed by atoms with Crippen molar-refractivity contribution in [2.75, 3.05) is 46.0 Å². The number of fused-ring (bicyclic) bond motifs is 1. The number of ether oxygens (including phenoxy) is 4. The van der Waals surface area contributed by atoms with E-state index >= 15 is 0 Å². The van der Waals surface area contributed by atoms with Crippen molar-refractivity contribution < 1.29 is 32.1 Å². The Kier molecular flexibility index (Phi) is 8.23. The summed E-state index contributed by atoms with van der Waals surface area (Å²) in [6.45, 7) is 3.37. The van der Waals surface area contributed by atoms with Crippen LogP contribution in [0.3, 0.4) is 0 Å². The third kappa shape index (κ3) is 6.65. The molecule has 1 N–H and O–H groups in total. The highest BCUT2D eigenvalue weighted by Crippen LogP contribution is 2.34. The van der Waals surface area contributed by atoms with E-state index in [1.807, 2.05) is 0 Å². The molecule has 0 bridgehead atoms. The molecule has 0 saturated heterocycles. The molecule has 2 aromatic heterocycles. The zero-order valence-corrected chi connectivity index (χ0v) is 18.5. The van der Waals surface area contributed by atoms with Gasteiger partial charge in [0, 0.05) is 18.6 Å². The first kappa shape index (κ1) is 24.5. The van der Waals surface area contributed by atoms with Gasteiger partial charge < -0.3 is 24.3 Å². The number of halogens is 3. The SMILES string of the molecule is COCCOCCOc1cc2c(NCc3cccc(C(F)(F)F)n3)nc(C)nc2cc1OC. The molecule has 1 aromatic carbocycles. The predicted octanol–water partition coefficient (Wildman–Crippen LogP) is 4.01. The monoisotopic (exact) mass is 466 g/mol. The molecule has 0 saturated carbocycles. The first-order valence-corrected chi connectivity index (χ1v) is 10.1. The van der Waals surface area contributed by atoms with E-state index in [-0.39, 0.29) is 18.8 Å². The first-order valence-electron chi connectivity index (χ1n) is 10.1. The third-order valence-corrected chi connectivity index (χ3v) is 4.54. The van der Waals surface area contributed by atoms with Crippen molar-refractivity contribution in [3.8, 4) is 11.5 Å². The summed E-state index contributed by atoms with van der Waals surface area (Å²) in [5.41, 5.74) is -0.117. The number of rotatable bonds is 11. The van der Waals surface area contributed by atoms with Crippen LogP contribution in [0.4, 0.5) is 19.0 Å². The molecule has 3 aromatic rings. The van der Waals surface area contributed by atoms with Gasteiger partial charge in [-0.25, -0.2) is 15.0 Å². The highest BCUT2D eigenvalue weighted by atomic mass is 19.4. The maximum Gasteiger partial charge on any atom is 0.433 e. The highest BCUT2D eigenvalue weighted by molar-refractivity contribution is 5.91.